The molecule has 0 aromatic heterocycles. The summed E-state index contributed by atoms with van der Waals surface area (Å²) < 4.78 is 0. The zero-order chi connectivity index (χ0) is 7.82. The molecule has 0 amide bonds. The summed E-state index contributed by atoms with van der Waals surface area (Å²) in [6.07, 6.45) is 11.6. The average molecular weight is 136 g/mol. The summed E-state index contributed by atoms with van der Waals surface area (Å²) in [6.45, 7) is 6.23. The van der Waals surface area contributed by atoms with Gasteiger partial charge in [-0.25, -0.2) is 0 Å². The predicted molar refractivity (Wildman–Crippen MR) is 48.0 cm³/mol. The molecule has 0 aromatic rings. The van der Waals surface area contributed by atoms with Crippen LogP contribution in [0.2, 0.25) is 0 Å². The van der Waals surface area contributed by atoms with Crippen LogP contribution in [0, 0.1) is 0 Å². The Kier molecular flexibility index (Phi) is 5.85. The van der Waals surface area contributed by atoms with Gasteiger partial charge in [0.1, 0.15) is 0 Å². The Morgan fingerprint density at radius 2 is 1.90 bits per heavy atom. The third-order valence-corrected chi connectivity index (χ3v) is 1.29. The number of allylic oxidation sites excluding steroid dienone is 6. The molecule has 0 nitrogen and oxygen atoms in total. The first kappa shape index (κ1) is 9.22. The van der Waals surface area contributed by atoms with Crippen LogP contribution in [-0.4, -0.2) is 0 Å². The van der Waals surface area contributed by atoms with Crippen molar-refractivity contribution in [1.82, 2.24) is 0 Å². The van der Waals surface area contributed by atoms with Crippen molar-refractivity contribution in [2.45, 2.75) is 27.2 Å². The van der Waals surface area contributed by atoms with E-state index in [9.17, 15) is 0 Å². The summed E-state index contributed by atoms with van der Waals surface area (Å²) >= 11 is 0. The number of rotatable bonds is 3. The van der Waals surface area contributed by atoms with Crippen LogP contribution >= 0.6 is 0 Å². The van der Waals surface area contributed by atoms with Gasteiger partial charge in [0, 0.05) is 0 Å². The molecule has 0 spiro atoms. The molecule has 0 heterocycles. The summed E-state index contributed by atoms with van der Waals surface area (Å²) in [5, 5.41) is 0. The molecule has 0 unspecified atom stereocenters. The maximum absolute atomic E-state index is 2.16. The Bertz CT molecular complexity index is 147. The summed E-state index contributed by atoms with van der Waals surface area (Å²) in [5.41, 5.74) is 1.38. The Balaban J connectivity index is 4.04. The van der Waals surface area contributed by atoms with Gasteiger partial charge in [0.05, 0.1) is 0 Å². The summed E-state index contributed by atoms with van der Waals surface area (Å²) in [4.78, 5) is 0. The van der Waals surface area contributed by atoms with Crippen LogP contribution in [-0.2, 0) is 0 Å². The minimum absolute atomic E-state index is 1.11. The fourth-order valence-electron chi connectivity index (χ4n) is 0.725. The second-order valence-electron chi connectivity index (χ2n) is 2.12. The molecule has 0 aromatic carbocycles. The molecular weight excluding hydrogens is 120 g/mol. The van der Waals surface area contributed by atoms with Gasteiger partial charge in [-0.2, -0.15) is 0 Å². The van der Waals surface area contributed by atoms with Crippen molar-refractivity contribution in [3.63, 3.8) is 0 Å². The monoisotopic (exact) mass is 136 g/mol. The van der Waals surface area contributed by atoms with Crippen molar-refractivity contribution in [2.24, 2.45) is 0 Å². The first-order valence-corrected chi connectivity index (χ1v) is 3.79. The van der Waals surface area contributed by atoms with E-state index in [2.05, 4.69) is 31.2 Å². The zero-order valence-corrected chi connectivity index (χ0v) is 7.09. The quantitative estimate of drug-likeness (QED) is 0.521. The highest BCUT2D eigenvalue weighted by molar-refractivity contribution is 5.22. The van der Waals surface area contributed by atoms with E-state index < -0.39 is 0 Å². The van der Waals surface area contributed by atoms with Crippen molar-refractivity contribution in [3.05, 3.63) is 36.0 Å². The van der Waals surface area contributed by atoms with Gasteiger partial charge < -0.3 is 0 Å². The van der Waals surface area contributed by atoms with E-state index in [1.165, 1.54) is 5.57 Å². The zero-order valence-electron chi connectivity index (χ0n) is 7.09. The highest BCUT2D eigenvalue weighted by Crippen LogP contribution is 2.01. The third kappa shape index (κ3) is 4.13. The summed E-state index contributed by atoms with van der Waals surface area (Å²) in [5.74, 6) is 0. The second-order valence-corrected chi connectivity index (χ2v) is 2.12. The van der Waals surface area contributed by atoms with E-state index in [0.717, 1.165) is 6.42 Å². The lowest BCUT2D eigenvalue weighted by atomic mass is 10.2. The standard InChI is InChI=1S/C10H16/c1-4-7-9-10(6-3)8-5-2/h4-5,7-9H,6H2,1-3H3. The van der Waals surface area contributed by atoms with Gasteiger partial charge in [-0.05, 0) is 25.8 Å². The SMILES string of the molecule is CC=CC=C(C=CC)CC. The van der Waals surface area contributed by atoms with Crippen LogP contribution < -0.4 is 0 Å². The van der Waals surface area contributed by atoms with E-state index >= 15 is 0 Å². The lowest BCUT2D eigenvalue weighted by molar-refractivity contribution is 1.15. The highest BCUT2D eigenvalue weighted by Gasteiger charge is 1.81. The molecule has 0 saturated carbocycles. The lowest BCUT2D eigenvalue weighted by Crippen LogP contribution is -1.70. The van der Waals surface area contributed by atoms with E-state index in [-0.39, 0.29) is 0 Å². The number of hydrogen-bond acceptors (Lipinski definition) is 0. The summed E-state index contributed by atoms with van der Waals surface area (Å²) in [7, 11) is 0. The molecule has 0 N–H and O–H groups in total. The Morgan fingerprint density at radius 3 is 2.30 bits per heavy atom. The lowest BCUT2D eigenvalue weighted by Gasteiger charge is -1.91. The molecule has 0 fully saturated rings. The van der Waals surface area contributed by atoms with Crippen LogP contribution in [0.3, 0.4) is 0 Å². The molecule has 0 atom stereocenters. The van der Waals surface area contributed by atoms with Crippen LogP contribution in [0.25, 0.3) is 0 Å². The van der Waals surface area contributed by atoms with Crippen LogP contribution in [0.5, 0.6) is 0 Å². The van der Waals surface area contributed by atoms with Gasteiger partial charge in [-0.3, -0.25) is 0 Å². The molecular formula is C10H16. The first-order valence-electron chi connectivity index (χ1n) is 3.79. The van der Waals surface area contributed by atoms with E-state index in [1.807, 2.05) is 19.9 Å². The molecule has 0 radical (unpaired) electrons. The van der Waals surface area contributed by atoms with Gasteiger partial charge in [0.25, 0.3) is 0 Å². The molecule has 0 aliphatic rings. The van der Waals surface area contributed by atoms with E-state index in [0.29, 0.717) is 0 Å². The van der Waals surface area contributed by atoms with Gasteiger partial charge in [0.15, 0.2) is 0 Å². The molecule has 0 aliphatic carbocycles. The minimum atomic E-state index is 1.11. The van der Waals surface area contributed by atoms with Gasteiger partial charge in [-0.15, -0.1) is 0 Å². The van der Waals surface area contributed by atoms with Gasteiger partial charge >= 0.3 is 0 Å². The topological polar surface area (TPSA) is 0 Å². The van der Waals surface area contributed by atoms with Crippen molar-refractivity contribution in [3.8, 4) is 0 Å². The highest BCUT2D eigenvalue weighted by atomic mass is 13.9. The van der Waals surface area contributed by atoms with Crippen molar-refractivity contribution < 1.29 is 0 Å². The van der Waals surface area contributed by atoms with Crippen molar-refractivity contribution in [1.29, 1.82) is 0 Å². The Labute approximate surface area is 64.0 Å². The maximum Gasteiger partial charge on any atom is -0.0308 e. The van der Waals surface area contributed by atoms with Crippen LogP contribution in [0.15, 0.2) is 36.0 Å². The molecule has 56 valence electrons. The Morgan fingerprint density at radius 1 is 1.20 bits per heavy atom. The maximum atomic E-state index is 2.16. The molecule has 0 saturated heterocycles. The largest absolute Gasteiger partial charge is 0.0877 e. The molecule has 0 rings (SSSR count). The molecule has 0 heteroatoms. The predicted octanol–water partition coefficient (Wildman–Crippen LogP) is 3.48. The van der Waals surface area contributed by atoms with Gasteiger partial charge in [0.2, 0.25) is 0 Å². The molecule has 0 bridgehead atoms. The minimum Gasteiger partial charge on any atom is -0.0877 e. The van der Waals surface area contributed by atoms with Crippen LogP contribution in [0.1, 0.15) is 27.2 Å². The Hall–Kier alpha value is -0.780. The van der Waals surface area contributed by atoms with Crippen molar-refractivity contribution >= 4 is 0 Å². The molecule has 10 heavy (non-hydrogen) atoms. The normalized spacial score (nSPS) is 13.7. The summed E-state index contributed by atoms with van der Waals surface area (Å²) in [6, 6.07) is 0. The second kappa shape index (κ2) is 6.34. The van der Waals surface area contributed by atoms with Gasteiger partial charge in [-0.1, -0.05) is 37.3 Å². The van der Waals surface area contributed by atoms with E-state index in [4.69, 9.17) is 0 Å². The number of hydrogen-bond donors (Lipinski definition) is 0. The fourth-order valence-corrected chi connectivity index (χ4v) is 0.725. The molecule has 0 aliphatic heterocycles. The third-order valence-electron chi connectivity index (χ3n) is 1.29. The van der Waals surface area contributed by atoms with Crippen molar-refractivity contribution in [2.75, 3.05) is 0 Å². The first-order chi connectivity index (χ1) is 4.85. The smallest absolute Gasteiger partial charge is 0.0308 e. The average Bonchev–Trinajstić information content (AvgIpc) is 1.98. The fraction of sp³-hybridized carbons (Fsp3) is 0.400. The van der Waals surface area contributed by atoms with Crippen LogP contribution in [0.4, 0.5) is 0 Å². The van der Waals surface area contributed by atoms with E-state index in [1.54, 1.807) is 0 Å².